The fraction of sp³-hybridized carbons (Fsp3) is 0.750. The first-order valence-corrected chi connectivity index (χ1v) is 3.76. The van der Waals surface area contributed by atoms with Crippen LogP contribution in [-0.4, -0.2) is 18.8 Å². The third-order valence-corrected chi connectivity index (χ3v) is 1.42. The fourth-order valence-electron chi connectivity index (χ4n) is 0.856. The Balaban J connectivity index is 3.97. The number of rotatable bonds is 4. The van der Waals surface area contributed by atoms with Crippen LogP contribution < -0.4 is 5.32 Å². The van der Waals surface area contributed by atoms with Crippen molar-refractivity contribution in [3.8, 4) is 12.3 Å². The lowest BCUT2D eigenvalue weighted by Crippen LogP contribution is -2.41. The average Bonchev–Trinajstić information content (AvgIpc) is 1.95. The summed E-state index contributed by atoms with van der Waals surface area (Å²) in [5, 5.41) is 2.34. The highest BCUT2D eigenvalue weighted by atomic mass is 19.4. The third kappa shape index (κ3) is 4.24. The maximum atomic E-state index is 12.1. The Morgan fingerprint density at radius 3 is 2.42 bits per heavy atom. The molecule has 0 aliphatic heterocycles. The molecule has 1 nitrogen and oxygen atoms in total. The highest BCUT2D eigenvalue weighted by molar-refractivity contribution is 4.87. The molecule has 1 atom stereocenters. The van der Waals surface area contributed by atoms with Gasteiger partial charge in [-0.2, -0.15) is 13.2 Å². The van der Waals surface area contributed by atoms with E-state index in [1.165, 1.54) is 0 Å². The predicted molar refractivity (Wildman–Crippen MR) is 41.6 cm³/mol. The van der Waals surface area contributed by atoms with Crippen molar-refractivity contribution in [1.82, 2.24) is 5.32 Å². The number of nitrogens with one attached hydrogen (secondary N) is 1. The van der Waals surface area contributed by atoms with Crippen molar-refractivity contribution >= 4 is 0 Å². The fourth-order valence-corrected chi connectivity index (χ4v) is 0.856. The second-order valence-electron chi connectivity index (χ2n) is 2.39. The number of alkyl halides is 3. The average molecular weight is 179 g/mol. The Kier molecular flexibility index (Phi) is 4.75. The summed E-state index contributed by atoms with van der Waals surface area (Å²) in [5.41, 5.74) is 0. The van der Waals surface area contributed by atoms with Crippen LogP contribution in [0.25, 0.3) is 0 Å². The lowest BCUT2D eigenvalue weighted by atomic mass is 10.1. The standard InChI is InChI=1S/C8H12F3N/c1-3-5-6-7(12-4-2)8(9,10)11/h1,7,12H,4-6H2,2H3. The van der Waals surface area contributed by atoms with Gasteiger partial charge in [0.2, 0.25) is 0 Å². The van der Waals surface area contributed by atoms with Crippen LogP contribution in [0.5, 0.6) is 0 Å². The lowest BCUT2D eigenvalue weighted by molar-refractivity contribution is -0.156. The zero-order valence-corrected chi connectivity index (χ0v) is 6.91. The zero-order valence-electron chi connectivity index (χ0n) is 6.91. The van der Waals surface area contributed by atoms with E-state index in [2.05, 4.69) is 11.2 Å². The van der Waals surface area contributed by atoms with Gasteiger partial charge in [0.15, 0.2) is 0 Å². The predicted octanol–water partition coefficient (Wildman–Crippen LogP) is 1.94. The van der Waals surface area contributed by atoms with Crippen LogP contribution in [0.1, 0.15) is 19.8 Å². The first-order valence-electron chi connectivity index (χ1n) is 3.76. The molecule has 0 saturated carbocycles. The molecule has 12 heavy (non-hydrogen) atoms. The zero-order chi connectivity index (χ0) is 9.61. The van der Waals surface area contributed by atoms with E-state index >= 15 is 0 Å². The normalized spacial score (nSPS) is 13.9. The summed E-state index contributed by atoms with van der Waals surface area (Å²) < 4.78 is 36.3. The van der Waals surface area contributed by atoms with Crippen LogP contribution in [0.15, 0.2) is 0 Å². The van der Waals surface area contributed by atoms with Gasteiger partial charge in [0.25, 0.3) is 0 Å². The molecule has 70 valence electrons. The summed E-state index contributed by atoms with van der Waals surface area (Å²) in [6, 6.07) is -1.46. The van der Waals surface area contributed by atoms with Gasteiger partial charge in [-0.3, -0.25) is 0 Å². The summed E-state index contributed by atoms with van der Waals surface area (Å²) in [6.45, 7) is 1.93. The molecule has 0 aliphatic rings. The molecule has 0 aromatic carbocycles. The second-order valence-corrected chi connectivity index (χ2v) is 2.39. The van der Waals surface area contributed by atoms with Gasteiger partial charge >= 0.3 is 6.18 Å². The van der Waals surface area contributed by atoms with Crippen LogP contribution in [-0.2, 0) is 0 Å². The summed E-state index contributed by atoms with van der Waals surface area (Å²) in [6.07, 6.45) is 0.786. The lowest BCUT2D eigenvalue weighted by Gasteiger charge is -2.19. The van der Waals surface area contributed by atoms with Gasteiger partial charge < -0.3 is 5.32 Å². The molecule has 0 bridgehead atoms. The quantitative estimate of drug-likeness (QED) is 0.650. The first-order chi connectivity index (χ1) is 5.52. The molecule has 1 N–H and O–H groups in total. The number of halogens is 3. The summed E-state index contributed by atoms with van der Waals surface area (Å²) in [5.74, 6) is 2.19. The maximum Gasteiger partial charge on any atom is 0.403 e. The molecule has 0 amide bonds. The van der Waals surface area contributed by atoms with Crippen molar-refractivity contribution < 1.29 is 13.2 Å². The molecule has 0 aromatic heterocycles. The molecule has 0 heterocycles. The minimum absolute atomic E-state index is 0.0478. The summed E-state index contributed by atoms with van der Waals surface area (Å²) in [4.78, 5) is 0. The highest BCUT2D eigenvalue weighted by Gasteiger charge is 2.38. The van der Waals surface area contributed by atoms with Gasteiger partial charge in [-0.25, -0.2) is 0 Å². The van der Waals surface area contributed by atoms with Crippen molar-refractivity contribution in [1.29, 1.82) is 0 Å². The Labute approximate surface area is 70.3 Å². The van der Waals surface area contributed by atoms with Crippen LogP contribution >= 0.6 is 0 Å². The van der Waals surface area contributed by atoms with E-state index in [4.69, 9.17) is 6.42 Å². The van der Waals surface area contributed by atoms with E-state index < -0.39 is 12.2 Å². The molecule has 0 spiro atoms. The molecule has 0 saturated heterocycles. The maximum absolute atomic E-state index is 12.1. The molecule has 0 aromatic rings. The van der Waals surface area contributed by atoms with Gasteiger partial charge in [-0.05, 0) is 13.0 Å². The van der Waals surface area contributed by atoms with Gasteiger partial charge in [0, 0.05) is 6.42 Å². The Morgan fingerprint density at radius 2 is 2.08 bits per heavy atom. The van der Waals surface area contributed by atoms with E-state index in [-0.39, 0.29) is 12.8 Å². The highest BCUT2D eigenvalue weighted by Crippen LogP contribution is 2.22. The minimum atomic E-state index is -4.19. The van der Waals surface area contributed by atoms with Crippen LogP contribution in [0.2, 0.25) is 0 Å². The topological polar surface area (TPSA) is 12.0 Å². The smallest absolute Gasteiger partial charge is 0.306 e. The summed E-state index contributed by atoms with van der Waals surface area (Å²) in [7, 11) is 0. The van der Waals surface area contributed by atoms with E-state index in [9.17, 15) is 13.2 Å². The SMILES string of the molecule is C#CCCC(NCC)C(F)(F)F. The van der Waals surface area contributed by atoms with Gasteiger partial charge in [-0.15, -0.1) is 12.3 Å². The molecule has 1 unspecified atom stereocenters. The van der Waals surface area contributed by atoms with Crippen LogP contribution in [0, 0.1) is 12.3 Å². The van der Waals surface area contributed by atoms with Gasteiger partial charge in [-0.1, -0.05) is 6.92 Å². The van der Waals surface area contributed by atoms with E-state index in [0.717, 1.165) is 0 Å². The van der Waals surface area contributed by atoms with E-state index in [0.29, 0.717) is 6.54 Å². The molecular weight excluding hydrogens is 167 g/mol. The van der Waals surface area contributed by atoms with Crippen molar-refractivity contribution in [2.75, 3.05) is 6.54 Å². The first kappa shape index (κ1) is 11.3. The Hall–Kier alpha value is -0.690. The van der Waals surface area contributed by atoms with Crippen molar-refractivity contribution in [2.24, 2.45) is 0 Å². The molecule has 0 fully saturated rings. The monoisotopic (exact) mass is 179 g/mol. The van der Waals surface area contributed by atoms with Crippen LogP contribution in [0.4, 0.5) is 13.2 Å². The van der Waals surface area contributed by atoms with Crippen LogP contribution in [0.3, 0.4) is 0 Å². The molecule has 0 rings (SSSR count). The Morgan fingerprint density at radius 1 is 1.50 bits per heavy atom. The van der Waals surface area contributed by atoms with Crippen molar-refractivity contribution in [2.45, 2.75) is 32.0 Å². The Bertz CT molecular complexity index is 157. The summed E-state index contributed by atoms with van der Waals surface area (Å²) >= 11 is 0. The number of terminal acetylenes is 1. The minimum Gasteiger partial charge on any atom is -0.306 e. The second kappa shape index (κ2) is 5.04. The largest absolute Gasteiger partial charge is 0.403 e. The molecule has 0 radical (unpaired) electrons. The van der Waals surface area contributed by atoms with Crippen molar-refractivity contribution in [3.63, 3.8) is 0 Å². The number of hydrogen-bond acceptors (Lipinski definition) is 1. The van der Waals surface area contributed by atoms with E-state index in [1.54, 1.807) is 6.92 Å². The molecule has 0 aliphatic carbocycles. The molecule has 4 heteroatoms. The van der Waals surface area contributed by atoms with Gasteiger partial charge in [0.05, 0.1) is 0 Å². The molecular formula is C8H12F3N. The third-order valence-electron chi connectivity index (χ3n) is 1.42. The number of hydrogen-bond donors (Lipinski definition) is 1. The van der Waals surface area contributed by atoms with E-state index in [1.807, 2.05) is 0 Å². The van der Waals surface area contributed by atoms with Gasteiger partial charge in [0.1, 0.15) is 6.04 Å². The van der Waals surface area contributed by atoms with Crippen molar-refractivity contribution in [3.05, 3.63) is 0 Å².